The maximum absolute atomic E-state index is 6.11. The first-order valence-corrected chi connectivity index (χ1v) is 12.7. The van der Waals surface area contributed by atoms with Gasteiger partial charge < -0.3 is 9.64 Å². The van der Waals surface area contributed by atoms with Gasteiger partial charge >= 0.3 is 0 Å². The zero-order chi connectivity index (χ0) is 24.0. The lowest BCUT2D eigenvalue weighted by atomic mass is 9.86. The second-order valence-corrected chi connectivity index (χ2v) is 10.6. The first-order valence-electron chi connectivity index (χ1n) is 12.7. The van der Waals surface area contributed by atoms with Crippen LogP contribution in [0.15, 0.2) is 78.9 Å². The monoisotopic (exact) mass is 489 g/mol. The molecule has 0 spiro atoms. The second-order valence-electron chi connectivity index (χ2n) is 10.6. The van der Waals surface area contributed by atoms with Crippen LogP contribution in [0.2, 0.25) is 0 Å². The van der Waals surface area contributed by atoms with Gasteiger partial charge in [0.25, 0.3) is 0 Å². The van der Waals surface area contributed by atoms with Crippen LogP contribution in [-0.2, 0) is 18.4 Å². The van der Waals surface area contributed by atoms with Gasteiger partial charge in [-0.25, -0.2) is 0 Å². The number of fused-ring (bicyclic) bond motifs is 2. The smallest absolute Gasteiger partial charge is 0.127 e. The Morgan fingerprint density at radius 1 is 0.829 bits per heavy atom. The molecule has 186 valence electrons. The van der Waals surface area contributed by atoms with Gasteiger partial charge in [-0.1, -0.05) is 93.6 Å². The van der Waals surface area contributed by atoms with Crippen LogP contribution in [0.4, 0.5) is 0 Å². The zero-order valence-electron chi connectivity index (χ0n) is 21.7. The van der Waals surface area contributed by atoms with Crippen molar-refractivity contribution in [3.05, 3.63) is 107 Å². The molecule has 3 aromatic carbocycles. The van der Waals surface area contributed by atoms with Crippen LogP contribution in [0.5, 0.6) is 5.75 Å². The predicted molar refractivity (Wildman–Crippen MR) is 152 cm³/mol. The highest BCUT2D eigenvalue weighted by atomic mass is 35.5. The van der Waals surface area contributed by atoms with Gasteiger partial charge in [0.2, 0.25) is 0 Å². The summed E-state index contributed by atoms with van der Waals surface area (Å²) in [5.41, 5.74) is 8.15. The lowest BCUT2D eigenvalue weighted by Gasteiger charge is -2.19. The van der Waals surface area contributed by atoms with E-state index in [1.165, 1.54) is 46.2 Å². The van der Waals surface area contributed by atoms with E-state index in [2.05, 4.69) is 112 Å². The van der Waals surface area contributed by atoms with Crippen molar-refractivity contribution in [2.24, 2.45) is 0 Å². The van der Waals surface area contributed by atoms with Gasteiger partial charge in [0.15, 0.2) is 0 Å². The van der Waals surface area contributed by atoms with Gasteiger partial charge in [-0.05, 0) is 78.6 Å². The number of ether oxygens (including phenoxy) is 1. The number of hydrogen-bond acceptors (Lipinski definition) is 2. The highest BCUT2D eigenvalue weighted by molar-refractivity contribution is 5.85. The van der Waals surface area contributed by atoms with Crippen LogP contribution in [0.3, 0.4) is 0 Å². The van der Waals surface area contributed by atoms with Gasteiger partial charge in [0.1, 0.15) is 12.4 Å². The lowest BCUT2D eigenvalue weighted by molar-refractivity contribution is 0.307. The summed E-state index contributed by atoms with van der Waals surface area (Å²) < 4.78 is 6.11. The summed E-state index contributed by atoms with van der Waals surface area (Å²) in [4.78, 5) is 2.46. The molecule has 0 bridgehead atoms. The fourth-order valence-electron chi connectivity index (χ4n) is 4.67. The molecule has 0 radical (unpaired) electrons. The topological polar surface area (TPSA) is 12.5 Å². The zero-order valence-corrected chi connectivity index (χ0v) is 22.5. The SMILES string of the molecule is CN(CCC=C1c2ccccc2COc2ccccc21)CCCCc1ccc(C(C)(C)C)cc1.Cl. The van der Waals surface area contributed by atoms with Crippen LogP contribution in [-0.4, -0.2) is 25.0 Å². The third kappa shape index (κ3) is 7.22. The number of halogens is 1. The molecule has 0 saturated carbocycles. The van der Waals surface area contributed by atoms with Crippen molar-refractivity contribution in [2.45, 2.75) is 58.5 Å². The average Bonchev–Trinajstić information content (AvgIpc) is 2.99. The molecule has 0 unspecified atom stereocenters. The van der Waals surface area contributed by atoms with Crippen LogP contribution in [0, 0.1) is 0 Å². The number of para-hydroxylation sites is 1. The van der Waals surface area contributed by atoms with Crippen LogP contribution >= 0.6 is 12.4 Å². The molecule has 0 saturated heterocycles. The minimum absolute atomic E-state index is 0. The summed E-state index contributed by atoms with van der Waals surface area (Å²) in [5, 5.41) is 0. The molecule has 4 rings (SSSR count). The Balaban J connectivity index is 0.00000342. The van der Waals surface area contributed by atoms with Gasteiger partial charge in [-0.3, -0.25) is 0 Å². The molecule has 0 aromatic heterocycles. The minimum atomic E-state index is 0. The van der Waals surface area contributed by atoms with E-state index in [0.717, 1.165) is 31.7 Å². The highest BCUT2D eigenvalue weighted by Gasteiger charge is 2.18. The van der Waals surface area contributed by atoms with Crippen LogP contribution in [0.1, 0.15) is 67.9 Å². The molecule has 3 aromatic rings. The van der Waals surface area contributed by atoms with Crippen molar-refractivity contribution >= 4 is 18.0 Å². The quantitative estimate of drug-likeness (QED) is 0.296. The van der Waals surface area contributed by atoms with Crippen molar-refractivity contribution in [2.75, 3.05) is 20.1 Å². The van der Waals surface area contributed by atoms with E-state index >= 15 is 0 Å². The van der Waals surface area contributed by atoms with Gasteiger partial charge in [-0.2, -0.15) is 0 Å². The molecule has 1 aliphatic rings. The molecule has 1 aliphatic heterocycles. The summed E-state index contributed by atoms with van der Waals surface area (Å²) in [6, 6.07) is 26.3. The normalized spacial score (nSPS) is 14.0. The van der Waals surface area contributed by atoms with E-state index in [1.54, 1.807) is 0 Å². The molecule has 0 amide bonds. The van der Waals surface area contributed by atoms with Crippen molar-refractivity contribution in [1.29, 1.82) is 0 Å². The van der Waals surface area contributed by atoms with Crippen molar-refractivity contribution in [3.63, 3.8) is 0 Å². The van der Waals surface area contributed by atoms with Crippen LogP contribution < -0.4 is 4.74 Å². The lowest BCUT2D eigenvalue weighted by Crippen LogP contribution is -2.20. The van der Waals surface area contributed by atoms with Gasteiger partial charge in [0.05, 0.1) is 0 Å². The molecule has 0 aliphatic carbocycles. The average molecular weight is 490 g/mol. The van der Waals surface area contributed by atoms with E-state index in [4.69, 9.17) is 4.74 Å². The summed E-state index contributed by atoms with van der Waals surface area (Å²) in [6.07, 6.45) is 7.06. The van der Waals surface area contributed by atoms with Crippen molar-refractivity contribution in [1.82, 2.24) is 4.90 Å². The fraction of sp³-hybridized carbons (Fsp3) is 0.375. The molecule has 0 N–H and O–H groups in total. The summed E-state index contributed by atoms with van der Waals surface area (Å²) >= 11 is 0. The summed E-state index contributed by atoms with van der Waals surface area (Å²) in [7, 11) is 2.24. The first kappa shape index (κ1) is 27.0. The number of nitrogens with zero attached hydrogens (tertiary/aromatic N) is 1. The molecule has 35 heavy (non-hydrogen) atoms. The molecular formula is C32H40ClNO. The Labute approximate surface area is 218 Å². The van der Waals surface area contributed by atoms with E-state index in [9.17, 15) is 0 Å². The van der Waals surface area contributed by atoms with E-state index in [1.807, 2.05) is 0 Å². The second kappa shape index (κ2) is 12.4. The number of unbranched alkanes of at least 4 members (excludes halogenated alkanes) is 1. The van der Waals surface area contributed by atoms with E-state index in [0.29, 0.717) is 6.61 Å². The number of rotatable bonds is 8. The largest absolute Gasteiger partial charge is 0.488 e. The molecular weight excluding hydrogens is 450 g/mol. The highest BCUT2D eigenvalue weighted by Crippen LogP contribution is 2.36. The minimum Gasteiger partial charge on any atom is -0.488 e. The van der Waals surface area contributed by atoms with Gasteiger partial charge in [-0.15, -0.1) is 12.4 Å². The third-order valence-corrected chi connectivity index (χ3v) is 6.80. The number of benzene rings is 3. The Morgan fingerprint density at radius 2 is 1.51 bits per heavy atom. The standard InChI is InChI=1S/C32H39NO.ClH/c1-32(2,3)27-20-18-25(19-21-27)12-9-10-22-33(4)23-11-16-29-28-14-6-5-13-26(28)24-34-31-17-8-7-15-30(29)31;/h5-8,13-21H,9-12,22-24H2,1-4H3;1H. The summed E-state index contributed by atoms with van der Waals surface area (Å²) in [5.74, 6) is 0.980. The molecule has 0 fully saturated rings. The third-order valence-electron chi connectivity index (χ3n) is 6.80. The molecule has 3 heteroatoms. The first-order chi connectivity index (χ1) is 16.4. The molecule has 2 nitrogen and oxygen atoms in total. The van der Waals surface area contributed by atoms with Crippen molar-refractivity contribution < 1.29 is 4.74 Å². The molecule has 0 atom stereocenters. The maximum Gasteiger partial charge on any atom is 0.127 e. The Kier molecular flexibility index (Phi) is 9.60. The Morgan fingerprint density at radius 3 is 2.26 bits per heavy atom. The summed E-state index contributed by atoms with van der Waals surface area (Å²) in [6.45, 7) is 9.65. The fourth-order valence-corrected chi connectivity index (χ4v) is 4.67. The van der Waals surface area contributed by atoms with Crippen molar-refractivity contribution in [3.8, 4) is 5.75 Å². The predicted octanol–water partition coefficient (Wildman–Crippen LogP) is 8.07. The Bertz CT molecular complexity index is 1060. The Hall–Kier alpha value is -2.55. The van der Waals surface area contributed by atoms with Gasteiger partial charge in [0, 0.05) is 12.1 Å². The van der Waals surface area contributed by atoms with E-state index in [-0.39, 0.29) is 17.8 Å². The number of aryl methyl sites for hydroxylation is 1. The maximum atomic E-state index is 6.11. The number of hydrogen-bond donors (Lipinski definition) is 0. The molecule has 1 heterocycles. The van der Waals surface area contributed by atoms with E-state index < -0.39 is 0 Å². The van der Waals surface area contributed by atoms with Crippen LogP contribution in [0.25, 0.3) is 5.57 Å².